The Morgan fingerprint density at radius 3 is 1.44 bits per heavy atom. The number of nitrogens with two attached hydrogens (primary N) is 4. The average Bonchev–Trinajstić information content (AvgIpc) is 3.00. The van der Waals surface area contributed by atoms with Crippen molar-refractivity contribution >= 4 is 47.4 Å². The summed E-state index contributed by atoms with van der Waals surface area (Å²) < 4.78 is 0. The molecule has 0 radical (unpaired) electrons. The molecular weight excluding hydrogens is 630 g/mol. The summed E-state index contributed by atoms with van der Waals surface area (Å²) in [6, 6.07) is -6.00. The van der Waals surface area contributed by atoms with Crippen LogP contribution in [-0.2, 0) is 28.8 Å². The second-order valence-electron chi connectivity index (χ2n) is 11.5. The van der Waals surface area contributed by atoms with Crippen LogP contribution in [0, 0.1) is 16.7 Å². The first-order chi connectivity index (χ1) is 22.5. The predicted octanol–water partition coefficient (Wildman–Crippen LogP) is -4.78. The van der Waals surface area contributed by atoms with E-state index in [4.69, 9.17) is 33.8 Å². The molecule has 0 aliphatic heterocycles. The van der Waals surface area contributed by atoms with Crippen molar-refractivity contribution in [3.8, 4) is 0 Å². The minimum Gasteiger partial charge on any atom is -0.394 e. The van der Waals surface area contributed by atoms with Crippen molar-refractivity contribution in [2.45, 2.75) is 95.9 Å². The molecule has 0 saturated heterocycles. The van der Waals surface area contributed by atoms with Gasteiger partial charge in [0.15, 0.2) is 11.9 Å². The number of carbonyl (C=O) groups excluding carboxylic acids is 6. The summed E-state index contributed by atoms with van der Waals surface area (Å²) in [5.74, 6) is -5.28. The maximum atomic E-state index is 13.5. The average molecular weight is 686 g/mol. The van der Waals surface area contributed by atoms with Crippen molar-refractivity contribution in [3.63, 3.8) is 0 Å². The Morgan fingerprint density at radius 2 is 1.04 bits per heavy atom. The number of carbonyl (C=O) groups is 6. The fourth-order valence-corrected chi connectivity index (χ4v) is 4.40. The molecule has 0 aliphatic rings. The third kappa shape index (κ3) is 18.4. The predicted molar refractivity (Wildman–Crippen MR) is 178 cm³/mol. The summed E-state index contributed by atoms with van der Waals surface area (Å²) >= 11 is 0. The highest BCUT2D eigenvalue weighted by atomic mass is 16.3. The number of aliphatic hydroxyl groups excluding tert-OH is 1. The third-order valence-electron chi connectivity index (χ3n) is 6.97. The first-order valence-corrected chi connectivity index (χ1v) is 15.8. The number of nitrogens with one attached hydrogen (secondary N) is 9. The smallest absolute Gasteiger partial charge is 0.245 e. The van der Waals surface area contributed by atoms with Crippen LogP contribution in [0.5, 0.6) is 0 Å². The lowest BCUT2D eigenvalue weighted by Gasteiger charge is -2.27. The Kier molecular flexibility index (Phi) is 21.3. The number of hydrogen-bond donors (Lipinski definition) is 14. The number of guanidine groups is 2. The Hall–Kier alpha value is -4.72. The van der Waals surface area contributed by atoms with E-state index in [2.05, 4.69) is 37.2 Å². The monoisotopic (exact) mass is 685 g/mol. The first kappa shape index (κ1) is 43.3. The molecule has 6 amide bonds. The molecule has 48 heavy (non-hydrogen) atoms. The molecule has 0 bridgehead atoms. The van der Waals surface area contributed by atoms with E-state index in [0.717, 1.165) is 0 Å². The topological polar surface area (TPSA) is 359 Å². The van der Waals surface area contributed by atoms with E-state index >= 15 is 0 Å². The molecule has 0 aromatic heterocycles. The lowest BCUT2D eigenvalue weighted by molar-refractivity contribution is -0.136. The van der Waals surface area contributed by atoms with Gasteiger partial charge >= 0.3 is 0 Å². The number of primary amides is 1. The number of rotatable bonds is 24. The molecule has 18 N–H and O–H groups in total. The van der Waals surface area contributed by atoms with Gasteiger partial charge < -0.3 is 65.3 Å². The molecule has 274 valence electrons. The van der Waals surface area contributed by atoms with E-state index in [1.165, 1.54) is 6.92 Å². The van der Waals surface area contributed by atoms with Gasteiger partial charge in [-0.25, -0.2) is 0 Å². The highest BCUT2D eigenvalue weighted by Gasteiger charge is 2.32. The Morgan fingerprint density at radius 1 is 0.625 bits per heavy atom. The van der Waals surface area contributed by atoms with Crippen molar-refractivity contribution in [1.29, 1.82) is 10.8 Å². The van der Waals surface area contributed by atoms with E-state index in [-0.39, 0.29) is 56.6 Å². The number of aliphatic hydroxyl groups is 1. The second-order valence-corrected chi connectivity index (χ2v) is 11.5. The standard InChI is InChI=1S/C28H55N13O7/c1-15(2)21(37-16(3)43)26(48)41-20(14-42)25(47)40-18(8-4-5-11-29)24(46)39-19(10-7-13-36-28(33)34)23(45)38-17(22(30)44)9-6-12-35-27(31)32/h15,17-21,42H,4-14,29H2,1-3H3,(H2,30,44)(H,37,43)(H,38,45)(H,39,46)(H,40,47)(H,41,48)(H4,31,32,35)(H4,33,34,36)/t17-,18-,19-,20-,21-/m0/s1. The number of amides is 6. The molecule has 0 unspecified atom stereocenters. The fourth-order valence-electron chi connectivity index (χ4n) is 4.40. The summed E-state index contributed by atoms with van der Waals surface area (Å²) in [6.07, 6.45) is 1.73. The Bertz CT molecular complexity index is 1110. The highest BCUT2D eigenvalue weighted by Crippen LogP contribution is 2.07. The fraction of sp³-hybridized carbons (Fsp3) is 0.714. The zero-order valence-electron chi connectivity index (χ0n) is 27.9. The van der Waals surface area contributed by atoms with Gasteiger partial charge in [0.2, 0.25) is 35.4 Å². The maximum absolute atomic E-state index is 13.5. The van der Waals surface area contributed by atoms with E-state index in [1.54, 1.807) is 13.8 Å². The van der Waals surface area contributed by atoms with Gasteiger partial charge in [-0.05, 0) is 57.4 Å². The van der Waals surface area contributed by atoms with Crippen LogP contribution in [0.3, 0.4) is 0 Å². The molecule has 0 fully saturated rings. The van der Waals surface area contributed by atoms with Gasteiger partial charge in [-0.15, -0.1) is 0 Å². The van der Waals surface area contributed by atoms with E-state index < -0.39 is 72.3 Å². The van der Waals surface area contributed by atoms with Gasteiger partial charge in [0, 0.05) is 20.0 Å². The minimum absolute atomic E-state index is 0.0355. The largest absolute Gasteiger partial charge is 0.394 e. The lowest BCUT2D eigenvalue weighted by Crippen LogP contribution is -2.60. The molecule has 20 heteroatoms. The van der Waals surface area contributed by atoms with Crippen LogP contribution in [0.25, 0.3) is 0 Å². The summed E-state index contributed by atoms with van der Waals surface area (Å²) in [5.41, 5.74) is 21.7. The number of hydrogen-bond acceptors (Lipinski definition) is 10. The van der Waals surface area contributed by atoms with Crippen LogP contribution < -0.4 is 60.2 Å². The molecule has 0 rings (SSSR count). The molecule has 20 nitrogen and oxygen atoms in total. The van der Waals surface area contributed by atoms with Crippen molar-refractivity contribution in [2.75, 3.05) is 26.2 Å². The third-order valence-corrected chi connectivity index (χ3v) is 6.97. The maximum Gasteiger partial charge on any atom is 0.245 e. The van der Waals surface area contributed by atoms with Gasteiger partial charge in [-0.2, -0.15) is 0 Å². The van der Waals surface area contributed by atoms with Crippen LogP contribution in [0.1, 0.15) is 65.7 Å². The molecule has 0 spiro atoms. The van der Waals surface area contributed by atoms with Gasteiger partial charge in [0.25, 0.3) is 0 Å². The van der Waals surface area contributed by atoms with Crippen LogP contribution in [0.15, 0.2) is 0 Å². The SMILES string of the molecule is CC(=O)N[C@H](C(=O)N[C@@H](CO)C(=O)N[C@@H](CCCCN)C(=O)N[C@@H](CCCNC(=N)N)C(=O)N[C@@H](CCCNC(=N)N)C(N)=O)C(C)C. The zero-order valence-corrected chi connectivity index (χ0v) is 27.9. The summed E-state index contributed by atoms with van der Waals surface area (Å²) in [6.45, 7) is 4.54. The normalized spacial score (nSPS) is 13.9. The summed E-state index contributed by atoms with van der Waals surface area (Å²) in [5, 5.41) is 42.2. The first-order valence-electron chi connectivity index (χ1n) is 15.8. The minimum atomic E-state index is -1.47. The second kappa shape index (κ2) is 23.6. The van der Waals surface area contributed by atoms with Crippen LogP contribution in [0.2, 0.25) is 0 Å². The van der Waals surface area contributed by atoms with E-state index in [9.17, 15) is 33.9 Å². The van der Waals surface area contributed by atoms with Crippen LogP contribution >= 0.6 is 0 Å². The molecule has 0 aliphatic carbocycles. The van der Waals surface area contributed by atoms with Crippen LogP contribution in [0.4, 0.5) is 0 Å². The quantitative estimate of drug-likeness (QED) is 0.0259. The Labute approximate surface area is 280 Å². The van der Waals surface area contributed by atoms with Gasteiger partial charge in [-0.3, -0.25) is 39.6 Å². The molecule has 0 aromatic rings. The van der Waals surface area contributed by atoms with Gasteiger partial charge in [0.05, 0.1) is 6.61 Å². The van der Waals surface area contributed by atoms with Gasteiger partial charge in [-0.1, -0.05) is 13.8 Å². The molecule has 5 atom stereocenters. The number of unbranched alkanes of at least 4 members (excludes halogenated alkanes) is 1. The molecule has 0 heterocycles. The molecule has 0 aromatic carbocycles. The summed E-state index contributed by atoms with van der Waals surface area (Å²) in [7, 11) is 0. The molecular formula is C28H55N13O7. The van der Waals surface area contributed by atoms with Crippen molar-refractivity contribution < 1.29 is 33.9 Å². The van der Waals surface area contributed by atoms with Crippen molar-refractivity contribution in [2.24, 2.45) is 28.9 Å². The van der Waals surface area contributed by atoms with Crippen molar-refractivity contribution in [1.82, 2.24) is 37.2 Å². The highest BCUT2D eigenvalue weighted by molar-refractivity contribution is 5.96. The van der Waals surface area contributed by atoms with Crippen molar-refractivity contribution in [3.05, 3.63) is 0 Å². The molecule has 0 saturated carbocycles. The summed E-state index contributed by atoms with van der Waals surface area (Å²) in [4.78, 5) is 76.5. The van der Waals surface area contributed by atoms with E-state index in [0.29, 0.717) is 25.8 Å². The Balaban J connectivity index is 5.94. The lowest BCUT2D eigenvalue weighted by atomic mass is 10.0. The van der Waals surface area contributed by atoms with Crippen LogP contribution in [-0.4, -0.2) is 109 Å². The van der Waals surface area contributed by atoms with Gasteiger partial charge in [0.1, 0.15) is 30.2 Å². The zero-order chi connectivity index (χ0) is 36.8. The van der Waals surface area contributed by atoms with E-state index in [1.807, 2.05) is 0 Å².